The van der Waals surface area contributed by atoms with E-state index in [0.717, 1.165) is 28.6 Å². The predicted molar refractivity (Wildman–Crippen MR) is 70.9 cm³/mol. The van der Waals surface area contributed by atoms with Gasteiger partial charge in [0.25, 0.3) is 5.24 Å². The number of aryl methyl sites for hydroxylation is 2. The van der Waals surface area contributed by atoms with Crippen molar-refractivity contribution in [3.63, 3.8) is 0 Å². The second kappa shape index (κ2) is 5.44. The Morgan fingerprint density at radius 3 is 2.78 bits per heavy atom. The topological polar surface area (TPSA) is 55.4 Å². The molecule has 1 fully saturated rings. The van der Waals surface area contributed by atoms with E-state index in [1.54, 1.807) is 0 Å². The monoisotopic (exact) mass is 265 g/mol. The number of carbonyl (C=O) groups excluding carboxylic acids is 2. The fraction of sp³-hybridized carbons (Fsp3) is 0.385. The highest BCUT2D eigenvalue weighted by Gasteiger charge is 2.31. The summed E-state index contributed by atoms with van der Waals surface area (Å²) < 4.78 is 5.66. The van der Waals surface area contributed by atoms with E-state index < -0.39 is 0 Å². The third kappa shape index (κ3) is 3.04. The van der Waals surface area contributed by atoms with Gasteiger partial charge in [0.15, 0.2) is 0 Å². The maximum absolute atomic E-state index is 11.3. The van der Waals surface area contributed by atoms with Crippen LogP contribution in [0.3, 0.4) is 0 Å². The van der Waals surface area contributed by atoms with E-state index in [1.165, 1.54) is 0 Å². The molecule has 0 aliphatic carbocycles. The lowest BCUT2D eigenvalue weighted by atomic mass is 10.1. The molecule has 0 saturated carbocycles. The minimum Gasteiger partial charge on any atom is -0.493 e. The van der Waals surface area contributed by atoms with E-state index in [1.807, 2.05) is 32.0 Å². The molecule has 18 heavy (non-hydrogen) atoms. The van der Waals surface area contributed by atoms with Gasteiger partial charge in [0.1, 0.15) is 5.75 Å². The van der Waals surface area contributed by atoms with Crippen LogP contribution in [0.15, 0.2) is 18.2 Å². The van der Waals surface area contributed by atoms with Crippen molar-refractivity contribution < 1.29 is 14.3 Å². The van der Waals surface area contributed by atoms with Crippen LogP contribution >= 0.6 is 11.8 Å². The van der Waals surface area contributed by atoms with Gasteiger partial charge in [-0.1, -0.05) is 23.9 Å². The molecule has 1 N–H and O–H groups in total. The normalized spacial score (nSPS) is 18.9. The zero-order valence-corrected chi connectivity index (χ0v) is 11.2. The Labute approximate surface area is 110 Å². The Balaban J connectivity index is 1.87. The average molecular weight is 265 g/mol. The second-order valence-electron chi connectivity index (χ2n) is 4.29. The molecule has 1 unspecified atom stereocenters. The van der Waals surface area contributed by atoms with E-state index in [2.05, 4.69) is 5.32 Å². The van der Waals surface area contributed by atoms with E-state index in [9.17, 15) is 9.59 Å². The molecular weight excluding hydrogens is 250 g/mol. The zero-order valence-electron chi connectivity index (χ0n) is 10.4. The molecule has 4 nitrogen and oxygen atoms in total. The third-order valence-corrected chi connectivity index (χ3v) is 3.80. The molecule has 0 aromatic heterocycles. The molecule has 2 rings (SSSR count). The maximum Gasteiger partial charge on any atom is 0.286 e. The van der Waals surface area contributed by atoms with Crippen molar-refractivity contribution in [2.24, 2.45) is 0 Å². The number of benzene rings is 1. The smallest absolute Gasteiger partial charge is 0.286 e. The molecule has 1 aromatic rings. The van der Waals surface area contributed by atoms with Crippen LogP contribution in [0.4, 0.5) is 4.79 Å². The summed E-state index contributed by atoms with van der Waals surface area (Å²) in [6, 6.07) is 6.01. The number of carbonyl (C=O) groups is 2. The largest absolute Gasteiger partial charge is 0.493 e. The van der Waals surface area contributed by atoms with E-state index in [0.29, 0.717) is 13.0 Å². The molecule has 5 heteroatoms. The van der Waals surface area contributed by atoms with Gasteiger partial charge in [0.2, 0.25) is 5.91 Å². The molecule has 1 aromatic carbocycles. The van der Waals surface area contributed by atoms with Crippen LogP contribution in [0, 0.1) is 13.8 Å². The van der Waals surface area contributed by atoms with Gasteiger partial charge in [-0.15, -0.1) is 0 Å². The number of rotatable bonds is 4. The number of ether oxygens (including phenoxy) is 1. The second-order valence-corrected chi connectivity index (χ2v) is 5.46. The lowest BCUT2D eigenvalue weighted by Gasteiger charge is -2.11. The van der Waals surface area contributed by atoms with Crippen LogP contribution in [0.25, 0.3) is 0 Å². The van der Waals surface area contributed by atoms with Crippen molar-refractivity contribution >= 4 is 22.9 Å². The fourth-order valence-corrected chi connectivity index (χ4v) is 2.52. The number of amides is 2. The van der Waals surface area contributed by atoms with Crippen molar-refractivity contribution in [2.45, 2.75) is 25.5 Å². The van der Waals surface area contributed by atoms with Crippen LogP contribution in [-0.2, 0) is 4.79 Å². The molecule has 2 amide bonds. The van der Waals surface area contributed by atoms with Crippen molar-refractivity contribution in [3.8, 4) is 5.75 Å². The van der Waals surface area contributed by atoms with Gasteiger partial charge in [-0.3, -0.25) is 14.9 Å². The molecule has 1 saturated heterocycles. The van der Waals surface area contributed by atoms with Crippen molar-refractivity contribution in [2.75, 3.05) is 6.61 Å². The summed E-state index contributed by atoms with van der Waals surface area (Å²) in [5.74, 6) is 0.624. The molecule has 0 radical (unpaired) electrons. The van der Waals surface area contributed by atoms with Crippen molar-refractivity contribution in [1.82, 2.24) is 5.32 Å². The molecule has 96 valence electrons. The highest BCUT2D eigenvalue weighted by atomic mass is 32.2. The minimum absolute atomic E-state index is 0.213. The first kappa shape index (κ1) is 13.0. The van der Waals surface area contributed by atoms with Crippen LogP contribution < -0.4 is 10.1 Å². The molecule has 1 heterocycles. The highest BCUT2D eigenvalue weighted by Crippen LogP contribution is 2.23. The summed E-state index contributed by atoms with van der Waals surface area (Å²) in [4.78, 5) is 22.3. The Morgan fingerprint density at radius 1 is 1.33 bits per heavy atom. The molecular formula is C13H15NO3S. The molecule has 0 spiro atoms. The van der Waals surface area contributed by atoms with Gasteiger partial charge in [-0.05, 0) is 31.0 Å². The highest BCUT2D eigenvalue weighted by molar-refractivity contribution is 8.15. The molecule has 0 bridgehead atoms. The van der Waals surface area contributed by atoms with Crippen LogP contribution in [0.5, 0.6) is 5.75 Å². The fourth-order valence-electron chi connectivity index (χ4n) is 1.72. The van der Waals surface area contributed by atoms with E-state index >= 15 is 0 Å². The summed E-state index contributed by atoms with van der Waals surface area (Å²) in [5, 5.41) is 1.68. The predicted octanol–water partition coefficient (Wildman–Crippen LogP) is 2.42. The summed E-state index contributed by atoms with van der Waals surface area (Å²) >= 11 is 1.04. The number of hydrogen-bond donors (Lipinski definition) is 1. The van der Waals surface area contributed by atoms with Gasteiger partial charge in [0.05, 0.1) is 11.9 Å². The van der Waals surface area contributed by atoms with Crippen molar-refractivity contribution in [3.05, 3.63) is 29.3 Å². The van der Waals surface area contributed by atoms with Gasteiger partial charge in [0, 0.05) is 6.42 Å². The van der Waals surface area contributed by atoms with Gasteiger partial charge < -0.3 is 4.74 Å². The number of nitrogens with one attached hydrogen (secondary N) is 1. The molecule has 1 aliphatic heterocycles. The Kier molecular flexibility index (Phi) is 3.91. The third-order valence-electron chi connectivity index (χ3n) is 2.75. The Morgan fingerprint density at radius 2 is 2.11 bits per heavy atom. The average Bonchev–Trinajstić information content (AvgIpc) is 2.62. The summed E-state index contributed by atoms with van der Waals surface area (Å²) in [7, 11) is 0. The van der Waals surface area contributed by atoms with Crippen molar-refractivity contribution in [1.29, 1.82) is 0 Å². The Hall–Kier alpha value is -1.49. The summed E-state index contributed by atoms with van der Waals surface area (Å²) in [6.45, 7) is 4.42. The number of imide groups is 1. The Bertz CT molecular complexity index is 487. The zero-order chi connectivity index (χ0) is 13.1. The number of thioether (sulfide) groups is 1. The first-order valence-electron chi connectivity index (χ1n) is 5.78. The molecule has 1 atom stereocenters. The van der Waals surface area contributed by atoms with Crippen LogP contribution in [-0.4, -0.2) is 23.0 Å². The van der Waals surface area contributed by atoms with Gasteiger partial charge in [-0.2, -0.15) is 0 Å². The van der Waals surface area contributed by atoms with E-state index in [-0.39, 0.29) is 16.4 Å². The first-order valence-corrected chi connectivity index (χ1v) is 6.66. The minimum atomic E-state index is -0.317. The number of hydrogen-bond acceptors (Lipinski definition) is 4. The van der Waals surface area contributed by atoms with Gasteiger partial charge in [-0.25, -0.2) is 0 Å². The maximum atomic E-state index is 11.3. The summed E-state index contributed by atoms with van der Waals surface area (Å²) in [5.41, 5.74) is 2.21. The quantitative estimate of drug-likeness (QED) is 0.908. The standard InChI is InChI=1S/C13H15NO3S/c1-8-3-4-9(2)10(7-8)17-6-5-11-12(15)14-13(16)18-11/h3-4,7,11H,5-6H2,1-2H3,(H,14,15,16). The van der Waals surface area contributed by atoms with Crippen LogP contribution in [0.1, 0.15) is 17.5 Å². The molecule has 1 aliphatic rings. The lowest BCUT2D eigenvalue weighted by molar-refractivity contribution is -0.119. The van der Waals surface area contributed by atoms with Gasteiger partial charge >= 0.3 is 0 Å². The first-order chi connectivity index (χ1) is 8.56. The van der Waals surface area contributed by atoms with Crippen LogP contribution in [0.2, 0.25) is 0 Å². The lowest BCUT2D eigenvalue weighted by Crippen LogP contribution is -2.25. The summed E-state index contributed by atoms with van der Waals surface area (Å²) in [6.07, 6.45) is 0.537. The SMILES string of the molecule is Cc1ccc(C)c(OCCC2SC(=O)NC2=O)c1. The van der Waals surface area contributed by atoms with E-state index in [4.69, 9.17) is 4.74 Å².